The van der Waals surface area contributed by atoms with Crippen LogP contribution in [0.2, 0.25) is 0 Å². The van der Waals surface area contributed by atoms with Crippen LogP contribution in [0, 0.1) is 5.92 Å². The first kappa shape index (κ1) is 31.7. The summed E-state index contributed by atoms with van der Waals surface area (Å²) in [5.41, 5.74) is 11.7. The highest BCUT2D eigenvalue weighted by Crippen LogP contribution is 2.12. The van der Waals surface area contributed by atoms with E-state index in [1.807, 2.05) is 20.1 Å². The van der Waals surface area contributed by atoms with Crippen LogP contribution < -0.4 is 27.4 Å². The number of nitrogens with one attached hydrogen (secondary N) is 3. The van der Waals surface area contributed by atoms with Crippen LogP contribution in [0.1, 0.15) is 38.7 Å². The molecule has 0 aliphatic heterocycles. The second-order valence-corrected chi connectivity index (χ2v) is 10.1. The molecule has 0 saturated heterocycles. The molecular formula is C24H37N5O7S. The standard InChI is InChI=1S/C24H37N5O7S/c1-13(2)10-16(25)21(32)27-17(8-9-37-3)22(33)28-18(12-20(26)31)23(34)29-19(24(35)36)11-14-4-6-15(30)7-5-14/h4-7,13,16-19,30H,8-12,25H2,1-3H3,(H2,26,31)(H,27,32)(H,28,33)(H,29,34)(H,35,36). The Morgan fingerprint density at radius 3 is 1.97 bits per heavy atom. The molecule has 0 fully saturated rings. The Morgan fingerprint density at radius 2 is 1.46 bits per heavy atom. The van der Waals surface area contributed by atoms with Gasteiger partial charge in [-0.3, -0.25) is 19.2 Å². The van der Waals surface area contributed by atoms with Crippen molar-refractivity contribution >= 4 is 41.4 Å². The molecule has 4 unspecified atom stereocenters. The van der Waals surface area contributed by atoms with E-state index in [1.165, 1.54) is 36.0 Å². The van der Waals surface area contributed by atoms with Gasteiger partial charge in [-0.25, -0.2) is 4.79 Å². The Hall–Kier alpha value is -3.32. The van der Waals surface area contributed by atoms with Crippen LogP contribution in [0.5, 0.6) is 5.75 Å². The largest absolute Gasteiger partial charge is 0.508 e. The van der Waals surface area contributed by atoms with E-state index >= 15 is 0 Å². The zero-order valence-corrected chi connectivity index (χ0v) is 22.0. The van der Waals surface area contributed by atoms with Crippen LogP contribution in [0.4, 0.5) is 0 Å². The molecule has 0 bridgehead atoms. The molecule has 0 saturated carbocycles. The van der Waals surface area contributed by atoms with Crippen LogP contribution in [0.3, 0.4) is 0 Å². The first-order valence-corrected chi connectivity index (χ1v) is 13.2. The number of phenols is 1. The predicted octanol–water partition coefficient (Wildman–Crippen LogP) is -0.524. The highest BCUT2D eigenvalue weighted by atomic mass is 32.2. The maximum Gasteiger partial charge on any atom is 0.326 e. The third-order valence-corrected chi connectivity index (χ3v) is 5.98. The predicted molar refractivity (Wildman–Crippen MR) is 139 cm³/mol. The van der Waals surface area contributed by atoms with E-state index in [0.29, 0.717) is 17.7 Å². The van der Waals surface area contributed by atoms with Crippen LogP contribution >= 0.6 is 11.8 Å². The third kappa shape index (κ3) is 12.0. The fourth-order valence-electron chi connectivity index (χ4n) is 3.42. The number of carbonyl (C=O) groups excluding carboxylic acids is 4. The van der Waals surface area contributed by atoms with Gasteiger partial charge in [0.25, 0.3) is 0 Å². The van der Waals surface area contributed by atoms with Gasteiger partial charge in [0, 0.05) is 6.42 Å². The number of amides is 4. The average molecular weight is 540 g/mol. The minimum Gasteiger partial charge on any atom is -0.508 e. The molecule has 37 heavy (non-hydrogen) atoms. The highest BCUT2D eigenvalue weighted by Gasteiger charge is 2.31. The van der Waals surface area contributed by atoms with E-state index in [-0.39, 0.29) is 24.5 Å². The van der Waals surface area contributed by atoms with Crippen molar-refractivity contribution in [2.45, 2.75) is 63.7 Å². The van der Waals surface area contributed by atoms with Crippen molar-refractivity contribution < 1.29 is 34.2 Å². The molecule has 0 heterocycles. The number of hydrogen-bond acceptors (Lipinski definition) is 8. The molecule has 12 nitrogen and oxygen atoms in total. The molecule has 13 heteroatoms. The van der Waals surface area contributed by atoms with Crippen molar-refractivity contribution in [1.29, 1.82) is 0 Å². The summed E-state index contributed by atoms with van der Waals surface area (Å²) >= 11 is 1.45. The number of carbonyl (C=O) groups is 5. The van der Waals surface area contributed by atoms with Crippen molar-refractivity contribution in [3.8, 4) is 5.75 Å². The number of nitrogens with two attached hydrogens (primary N) is 2. The zero-order chi connectivity index (χ0) is 28.1. The van der Waals surface area contributed by atoms with Crippen molar-refractivity contribution in [2.75, 3.05) is 12.0 Å². The summed E-state index contributed by atoms with van der Waals surface area (Å²) in [5.74, 6) is -3.74. The number of phenolic OH excluding ortho intramolecular Hbond substituents is 1. The molecule has 9 N–H and O–H groups in total. The lowest BCUT2D eigenvalue weighted by Gasteiger charge is -2.25. The maximum absolute atomic E-state index is 13.0. The van der Waals surface area contributed by atoms with Gasteiger partial charge in [0.1, 0.15) is 23.9 Å². The Kier molecular flexibility index (Phi) is 13.5. The number of carboxylic acid groups (broad SMARTS) is 1. The second kappa shape index (κ2) is 15.7. The quantitative estimate of drug-likeness (QED) is 0.144. The van der Waals surface area contributed by atoms with Gasteiger partial charge < -0.3 is 37.6 Å². The van der Waals surface area contributed by atoms with Crippen molar-refractivity contribution in [2.24, 2.45) is 17.4 Å². The molecule has 1 aromatic carbocycles. The fourth-order valence-corrected chi connectivity index (χ4v) is 3.89. The van der Waals surface area contributed by atoms with Crippen molar-refractivity contribution in [1.82, 2.24) is 16.0 Å². The van der Waals surface area contributed by atoms with Gasteiger partial charge in [0.2, 0.25) is 23.6 Å². The summed E-state index contributed by atoms with van der Waals surface area (Å²) in [6, 6.07) is 1.05. The molecule has 1 aromatic rings. The van der Waals surface area contributed by atoms with Gasteiger partial charge in [-0.1, -0.05) is 26.0 Å². The molecule has 1 rings (SSSR count). The summed E-state index contributed by atoms with van der Waals surface area (Å²) in [6.07, 6.45) is 1.77. The Labute approximate surface area is 220 Å². The summed E-state index contributed by atoms with van der Waals surface area (Å²) in [6.45, 7) is 3.81. The lowest BCUT2D eigenvalue weighted by atomic mass is 10.0. The van der Waals surface area contributed by atoms with Crippen LogP contribution in [-0.4, -0.2) is 76.0 Å². The lowest BCUT2D eigenvalue weighted by molar-refractivity contribution is -0.142. The number of rotatable bonds is 16. The maximum atomic E-state index is 13.0. The first-order chi connectivity index (χ1) is 17.3. The number of aliphatic carboxylic acids is 1. The van der Waals surface area contributed by atoms with Gasteiger partial charge in [-0.05, 0) is 48.5 Å². The number of aromatic hydroxyl groups is 1. The summed E-state index contributed by atoms with van der Waals surface area (Å²) in [4.78, 5) is 61.8. The SMILES string of the molecule is CSCCC(NC(=O)C(N)CC(C)C)C(=O)NC(CC(N)=O)C(=O)NC(Cc1ccc(O)cc1)C(=O)O. The number of carboxylic acids is 1. The highest BCUT2D eigenvalue weighted by molar-refractivity contribution is 7.98. The number of thioether (sulfide) groups is 1. The van der Waals surface area contributed by atoms with E-state index in [0.717, 1.165) is 0 Å². The van der Waals surface area contributed by atoms with E-state index in [9.17, 15) is 34.2 Å². The topological polar surface area (TPSA) is 214 Å². The van der Waals surface area contributed by atoms with Gasteiger partial charge in [-0.2, -0.15) is 11.8 Å². The molecule has 0 spiro atoms. The Bertz CT molecular complexity index is 942. The third-order valence-electron chi connectivity index (χ3n) is 5.33. The van der Waals surface area contributed by atoms with Crippen LogP contribution in [0.15, 0.2) is 24.3 Å². The van der Waals surface area contributed by atoms with Gasteiger partial charge in [0.15, 0.2) is 0 Å². The van der Waals surface area contributed by atoms with Gasteiger partial charge in [0.05, 0.1) is 12.5 Å². The molecular weight excluding hydrogens is 502 g/mol. The molecule has 4 atom stereocenters. The minimum absolute atomic E-state index is 0.00262. The molecule has 0 radical (unpaired) electrons. The van der Waals surface area contributed by atoms with Crippen LogP contribution in [0.25, 0.3) is 0 Å². The number of primary amides is 1. The van der Waals surface area contributed by atoms with E-state index < -0.39 is 60.2 Å². The summed E-state index contributed by atoms with van der Waals surface area (Å²) in [7, 11) is 0. The van der Waals surface area contributed by atoms with Crippen molar-refractivity contribution in [3.05, 3.63) is 29.8 Å². The molecule has 4 amide bonds. The molecule has 0 aliphatic carbocycles. The lowest BCUT2D eigenvalue weighted by Crippen LogP contribution is -2.58. The first-order valence-electron chi connectivity index (χ1n) is 11.8. The average Bonchev–Trinajstić information content (AvgIpc) is 2.81. The molecule has 206 valence electrons. The Morgan fingerprint density at radius 1 is 0.919 bits per heavy atom. The Balaban J connectivity index is 3.00. The minimum atomic E-state index is -1.47. The van der Waals surface area contributed by atoms with Crippen molar-refractivity contribution in [3.63, 3.8) is 0 Å². The van der Waals surface area contributed by atoms with E-state index in [2.05, 4.69) is 16.0 Å². The molecule has 0 aromatic heterocycles. The monoisotopic (exact) mass is 539 g/mol. The summed E-state index contributed by atoms with van der Waals surface area (Å²) < 4.78 is 0. The normalized spacial score (nSPS) is 14.2. The smallest absolute Gasteiger partial charge is 0.326 e. The van der Waals surface area contributed by atoms with Crippen LogP contribution in [-0.2, 0) is 30.4 Å². The summed E-state index contributed by atoms with van der Waals surface area (Å²) in [5, 5.41) is 26.3. The number of benzene rings is 1. The molecule has 0 aliphatic rings. The second-order valence-electron chi connectivity index (χ2n) is 9.08. The van der Waals surface area contributed by atoms with Gasteiger partial charge in [-0.15, -0.1) is 0 Å². The van der Waals surface area contributed by atoms with E-state index in [4.69, 9.17) is 11.5 Å². The zero-order valence-electron chi connectivity index (χ0n) is 21.2. The van der Waals surface area contributed by atoms with E-state index in [1.54, 1.807) is 0 Å². The fraction of sp³-hybridized carbons (Fsp3) is 0.542. The number of hydrogen-bond donors (Lipinski definition) is 7. The van der Waals surface area contributed by atoms with Gasteiger partial charge >= 0.3 is 5.97 Å².